The Labute approximate surface area is 73.3 Å². The molecular weight excluding hydrogens is 152 g/mol. The van der Waals surface area contributed by atoms with Crippen molar-refractivity contribution >= 4 is 5.97 Å². The summed E-state index contributed by atoms with van der Waals surface area (Å²) >= 11 is 0. The number of ether oxygens (including phenoxy) is 1. The molecule has 2 heteroatoms. The maximum absolute atomic E-state index is 11.1. The molecule has 2 rings (SSSR count). The van der Waals surface area contributed by atoms with Crippen molar-refractivity contribution < 1.29 is 9.53 Å². The zero-order chi connectivity index (χ0) is 8.55. The molecule has 0 spiro atoms. The summed E-state index contributed by atoms with van der Waals surface area (Å²) in [7, 11) is 0. The molecular formula is C10H16O2. The Bertz CT molecular complexity index is 188. The van der Waals surface area contributed by atoms with E-state index in [2.05, 4.69) is 0 Å². The zero-order valence-electron chi connectivity index (χ0n) is 7.58. The maximum Gasteiger partial charge on any atom is 0.306 e. The lowest BCUT2D eigenvalue weighted by atomic mass is 9.74. The number of fused-ring (bicyclic) bond motifs is 1. The van der Waals surface area contributed by atoms with E-state index in [4.69, 9.17) is 4.74 Å². The molecule has 0 N–H and O–H groups in total. The quantitative estimate of drug-likeness (QED) is 0.518. The van der Waals surface area contributed by atoms with Crippen molar-refractivity contribution in [3.63, 3.8) is 0 Å². The highest BCUT2D eigenvalue weighted by atomic mass is 16.5. The van der Waals surface area contributed by atoms with Gasteiger partial charge in [-0.15, -0.1) is 0 Å². The standard InChI is InChI=1S/C10H16O2/c1-7-9-5-3-2-4-8(9)6-10(11)12-7/h7-9H,2-6H2,1H3/t7-,8+,9+/m1/s1. The van der Waals surface area contributed by atoms with Gasteiger partial charge in [-0.25, -0.2) is 0 Å². The first kappa shape index (κ1) is 8.09. The zero-order valence-corrected chi connectivity index (χ0v) is 7.58. The van der Waals surface area contributed by atoms with Crippen molar-refractivity contribution in [3.8, 4) is 0 Å². The minimum absolute atomic E-state index is 0.0191. The van der Waals surface area contributed by atoms with Gasteiger partial charge >= 0.3 is 5.97 Å². The van der Waals surface area contributed by atoms with Crippen molar-refractivity contribution in [2.75, 3.05) is 0 Å². The number of carbonyl (C=O) groups excluding carboxylic acids is 1. The molecule has 1 heterocycles. The van der Waals surface area contributed by atoms with Crippen LogP contribution in [0.4, 0.5) is 0 Å². The molecule has 0 aromatic heterocycles. The molecule has 2 nitrogen and oxygen atoms in total. The van der Waals surface area contributed by atoms with Crippen LogP contribution in [0.15, 0.2) is 0 Å². The summed E-state index contributed by atoms with van der Waals surface area (Å²) in [5.41, 5.74) is 0. The van der Waals surface area contributed by atoms with Crippen molar-refractivity contribution in [3.05, 3.63) is 0 Å². The van der Waals surface area contributed by atoms with Crippen LogP contribution in [0.3, 0.4) is 0 Å². The minimum atomic E-state index is 0.0191. The number of hydrogen-bond acceptors (Lipinski definition) is 2. The molecule has 2 fully saturated rings. The van der Waals surface area contributed by atoms with E-state index in [1.54, 1.807) is 0 Å². The lowest BCUT2D eigenvalue weighted by Crippen LogP contribution is -2.38. The van der Waals surface area contributed by atoms with E-state index in [1.807, 2.05) is 6.92 Å². The molecule has 0 unspecified atom stereocenters. The van der Waals surface area contributed by atoms with Crippen LogP contribution in [0.25, 0.3) is 0 Å². The molecule has 3 atom stereocenters. The average molecular weight is 168 g/mol. The topological polar surface area (TPSA) is 26.3 Å². The molecule has 0 radical (unpaired) electrons. The highest BCUT2D eigenvalue weighted by Gasteiger charge is 2.37. The number of esters is 1. The first-order chi connectivity index (χ1) is 5.77. The summed E-state index contributed by atoms with van der Waals surface area (Å²) in [6, 6.07) is 0. The third-order valence-electron chi connectivity index (χ3n) is 3.32. The fraction of sp³-hybridized carbons (Fsp3) is 0.900. The van der Waals surface area contributed by atoms with E-state index in [1.165, 1.54) is 25.7 Å². The summed E-state index contributed by atoms with van der Waals surface area (Å²) in [5.74, 6) is 1.32. The lowest BCUT2D eigenvalue weighted by molar-refractivity contribution is -0.163. The monoisotopic (exact) mass is 168 g/mol. The lowest BCUT2D eigenvalue weighted by Gasteiger charge is -2.38. The highest BCUT2D eigenvalue weighted by molar-refractivity contribution is 5.70. The summed E-state index contributed by atoms with van der Waals surface area (Å²) in [5, 5.41) is 0. The molecule has 0 aromatic carbocycles. The molecule has 1 aliphatic heterocycles. The van der Waals surface area contributed by atoms with Gasteiger partial charge in [0.15, 0.2) is 0 Å². The van der Waals surface area contributed by atoms with Crippen LogP contribution in [0, 0.1) is 11.8 Å². The minimum Gasteiger partial charge on any atom is -0.462 e. The van der Waals surface area contributed by atoms with Crippen LogP contribution in [0.5, 0.6) is 0 Å². The molecule has 12 heavy (non-hydrogen) atoms. The van der Waals surface area contributed by atoms with Gasteiger partial charge in [-0.1, -0.05) is 12.8 Å². The second-order valence-electron chi connectivity index (χ2n) is 4.11. The third kappa shape index (κ3) is 1.35. The van der Waals surface area contributed by atoms with Crippen molar-refractivity contribution in [2.45, 2.75) is 45.1 Å². The van der Waals surface area contributed by atoms with Crippen LogP contribution in [0.2, 0.25) is 0 Å². The highest BCUT2D eigenvalue weighted by Crippen LogP contribution is 2.38. The Hall–Kier alpha value is -0.530. The van der Waals surface area contributed by atoms with Crippen LogP contribution in [-0.2, 0) is 9.53 Å². The van der Waals surface area contributed by atoms with Crippen LogP contribution < -0.4 is 0 Å². The molecule has 1 saturated carbocycles. The average Bonchev–Trinajstić information content (AvgIpc) is 2.04. The van der Waals surface area contributed by atoms with Gasteiger partial charge in [0.05, 0.1) is 0 Å². The van der Waals surface area contributed by atoms with Gasteiger partial charge in [0.1, 0.15) is 6.10 Å². The molecule has 0 amide bonds. The van der Waals surface area contributed by atoms with E-state index >= 15 is 0 Å². The van der Waals surface area contributed by atoms with E-state index in [0.717, 1.165) is 0 Å². The maximum atomic E-state index is 11.1. The van der Waals surface area contributed by atoms with Gasteiger partial charge < -0.3 is 4.74 Å². The largest absolute Gasteiger partial charge is 0.462 e. The van der Waals surface area contributed by atoms with Gasteiger partial charge in [0.2, 0.25) is 0 Å². The van der Waals surface area contributed by atoms with Gasteiger partial charge in [-0.2, -0.15) is 0 Å². The number of hydrogen-bond donors (Lipinski definition) is 0. The van der Waals surface area contributed by atoms with Crippen LogP contribution >= 0.6 is 0 Å². The van der Waals surface area contributed by atoms with Gasteiger partial charge in [0, 0.05) is 6.42 Å². The first-order valence-electron chi connectivity index (χ1n) is 4.97. The van der Waals surface area contributed by atoms with Gasteiger partial charge in [-0.3, -0.25) is 4.79 Å². The van der Waals surface area contributed by atoms with E-state index in [9.17, 15) is 4.79 Å². The summed E-state index contributed by atoms with van der Waals surface area (Å²) in [4.78, 5) is 11.1. The molecule has 0 bridgehead atoms. The Morgan fingerprint density at radius 2 is 2.08 bits per heavy atom. The summed E-state index contributed by atoms with van der Waals surface area (Å²) < 4.78 is 5.22. The second-order valence-corrected chi connectivity index (χ2v) is 4.11. The van der Waals surface area contributed by atoms with Crippen molar-refractivity contribution in [1.82, 2.24) is 0 Å². The van der Waals surface area contributed by atoms with Crippen molar-refractivity contribution in [1.29, 1.82) is 0 Å². The second kappa shape index (κ2) is 3.08. The molecule has 68 valence electrons. The van der Waals surface area contributed by atoms with Crippen LogP contribution in [0.1, 0.15) is 39.0 Å². The van der Waals surface area contributed by atoms with E-state index < -0.39 is 0 Å². The smallest absolute Gasteiger partial charge is 0.306 e. The molecule has 0 aromatic rings. The predicted molar refractivity (Wildman–Crippen MR) is 45.6 cm³/mol. The number of carbonyl (C=O) groups is 1. The van der Waals surface area contributed by atoms with E-state index in [-0.39, 0.29) is 12.1 Å². The summed E-state index contributed by atoms with van der Waals surface area (Å²) in [6.07, 6.45) is 5.99. The molecule has 1 aliphatic carbocycles. The third-order valence-corrected chi connectivity index (χ3v) is 3.32. The first-order valence-corrected chi connectivity index (χ1v) is 4.97. The number of cyclic esters (lactones) is 1. The Morgan fingerprint density at radius 3 is 2.92 bits per heavy atom. The normalized spacial score (nSPS) is 41.8. The Kier molecular flexibility index (Phi) is 2.07. The SMILES string of the molecule is C[C@H]1OC(=O)C[C@@H]2CCCC[C@H]21. The van der Waals surface area contributed by atoms with Crippen molar-refractivity contribution in [2.24, 2.45) is 11.8 Å². The Morgan fingerprint density at radius 1 is 1.33 bits per heavy atom. The van der Waals surface area contributed by atoms with E-state index in [0.29, 0.717) is 18.3 Å². The molecule has 1 saturated heterocycles. The summed E-state index contributed by atoms with van der Waals surface area (Å²) in [6.45, 7) is 2.04. The fourth-order valence-corrected chi connectivity index (χ4v) is 2.66. The molecule has 2 aliphatic rings. The Balaban J connectivity index is 2.06. The predicted octanol–water partition coefficient (Wildman–Crippen LogP) is 2.13. The van der Waals surface area contributed by atoms with Gasteiger partial charge in [0.25, 0.3) is 0 Å². The van der Waals surface area contributed by atoms with Crippen LogP contribution in [-0.4, -0.2) is 12.1 Å². The van der Waals surface area contributed by atoms with Gasteiger partial charge in [-0.05, 0) is 31.6 Å². The fourth-order valence-electron chi connectivity index (χ4n) is 2.66. The number of rotatable bonds is 0.